The van der Waals surface area contributed by atoms with Gasteiger partial charge in [0, 0.05) is 53.0 Å². The summed E-state index contributed by atoms with van der Waals surface area (Å²) in [6.07, 6.45) is 9.37. The summed E-state index contributed by atoms with van der Waals surface area (Å²) in [5.41, 5.74) is 7.60. The van der Waals surface area contributed by atoms with Gasteiger partial charge in [0.15, 0.2) is 28.9 Å². The van der Waals surface area contributed by atoms with Crippen molar-refractivity contribution in [2.24, 2.45) is 0 Å². The van der Waals surface area contributed by atoms with Crippen molar-refractivity contribution >= 4 is 81.6 Å². The molecule has 268 valence electrons. The molecular weight excluding hydrogens is 723 g/mol. The highest BCUT2D eigenvalue weighted by Gasteiger charge is 2.23. The van der Waals surface area contributed by atoms with Gasteiger partial charge in [0.25, 0.3) is 0 Å². The number of nitrogens with zero attached hydrogens (tertiary/aromatic N) is 5. The van der Waals surface area contributed by atoms with Crippen molar-refractivity contribution in [1.29, 1.82) is 0 Å². The van der Waals surface area contributed by atoms with Crippen LogP contribution in [0.4, 0.5) is 0 Å². The summed E-state index contributed by atoms with van der Waals surface area (Å²) < 4.78 is 15.5. The van der Waals surface area contributed by atoms with Crippen LogP contribution in [0, 0.1) is 0 Å². The first-order valence-corrected chi connectivity index (χ1v) is 19.4. The Morgan fingerprint density at radius 1 is 0.456 bits per heavy atom. The molecule has 0 saturated carbocycles. The van der Waals surface area contributed by atoms with Crippen LogP contribution in [-0.2, 0) is 0 Å². The first-order valence-electron chi connectivity index (χ1n) is 18.5. The Balaban J connectivity index is 1.14. The number of hydrogen-bond donors (Lipinski definition) is 0. The van der Waals surface area contributed by atoms with Gasteiger partial charge in [-0.3, -0.25) is 0 Å². The molecule has 0 N–H and O–H groups in total. The fraction of sp³-hybridized carbons (Fsp3) is 0. The molecule has 0 amide bonds. The second kappa shape index (κ2) is 13.3. The summed E-state index contributed by atoms with van der Waals surface area (Å²) in [7, 11) is 0. The molecule has 5 heterocycles. The minimum absolute atomic E-state index is 0.518. The third kappa shape index (κ3) is 5.45. The summed E-state index contributed by atoms with van der Waals surface area (Å²) in [4.78, 5) is 25.7. The van der Waals surface area contributed by atoms with E-state index in [1.165, 1.54) is 14.8 Å². The quantitative estimate of drug-likeness (QED) is 0.150. The van der Waals surface area contributed by atoms with E-state index in [9.17, 15) is 0 Å². The van der Waals surface area contributed by atoms with Crippen molar-refractivity contribution in [2.75, 3.05) is 0 Å². The number of allylic oxidation sites excluding steroid dienone is 4. The molecule has 0 atom stereocenters. The summed E-state index contributed by atoms with van der Waals surface area (Å²) in [6.45, 7) is 3.78. The van der Waals surface area contributed by atoms with Crippen LogP contribution >= 0.6 is 11.3 Å². The predicted molar refractivity (Wildman–Crippen MR) is 233 cm³/mol. The van der Waals surface area contributed by atoms with E-state index < -0.39 is 0 Å². The lowest BCUT2D eigenvalue weighted by Gasteiger charge is -2.10. The van der Waals surface area contributed by atoms with Crippen LogP contribution in [0.5, 0.6) is 0 Å². The van der Waals surface area contributed by atoms with Gasteiger partial charge in [-0.1, -0.05) is 128 Å². The number of fused-ring (bicyclic) bond motifs is 9. The number of hydrogen-bond acceptors (Lipinski definition) is 8. The van der Waals surface area contributed by atoms with E-state index in [4.69, 9.17) is 33.8 Å². The summed E-state index contributed by atoms with van der Waals surface area (Å²) >= 11 is 1.77. The lowest BCUT2D eigenvalue weighted by Crippen LogP contribution is -2.00. The van der Waals surface area contributed by atoms with E-state index in [2.05, 4.69) is 55.1 Å². The molecule has 5 aromatic heterocycles. The van der Waals surface area contributed by atoms with Crippen LogP contribution in [0.2, 0.25) is 0 Å². The third-order valence-electron chi connectivity index (χ3n) is 10.2. The number of benzene rings is 6. The van der Waals surface area contributed by atoms with Gasteiger partial charge < -0.3 is 8.83 Å². The topological polar surface area (TPSA) is 90.7 Å². The van der Waals surface area contributed by atoms with Gasteiger partial charge in [0.1, 0.15) is 28.0 Å². The van der Waals surface area contributed by atoms with Gasteiger partial charge in [-0.25, -0.2) is 24.9 Å². The van der Waals surface area contributed by atoms with Crippen molar-refractivity contribution in [2.45, 2.75) is 0 Å². The Bertz CT molecular complexity index is 3450. The SMILES string of the molecule is C=C/C=C\C=C\c1nc(-c2cccc3oc4c(-c5nc(-c6ccccc6)nc(-c6cccc7sc8ccccc8c67)n5)cccc4c23)nc2c1oc1ccccc12. The summed E-state index contributed by atoms with van der Waals surface area (Å²) in [6, 6.07) is 44.9. The number of aromatic nitrogens is 5. The first kappa shape index (κ1) is 32.8. The van der Waals surface area contributed by atoms with E-state index in [1.807, 2.05) is 109 Å². The van der Waals surface area contributed by atoms with Gasteiger partial charge in [-0.05, 0) is 42.5 Å². The average Bonchev–Trinajstić information content (AvgIpc) is 3.97. The van der Waals surface area contributed by atoms with Crippen molar-refractivity contribution in [3.63, 3.8) is 0 Å². The highest BCUT2D eigenvalue weighted by atomic mass is 32.1. The molecule has 0 aliphatic rings. The van der Waals surface area contributed by atoms with Gasteiger partial charge in [-0.2, -0.15) is 0 Å². The second-order valence-electron chi connectivity index (χ2n) is 13.6. The van der Waals surface area contributed by atoms with Crippen molar-refractivity contribution in [1.82, 2.24) is 24.9 Å². The molecule has 0 fully saturated rings. The first-order chi connectivity index (χ1) is 28.2. The highest BCUT2D eigenvalue weighted by Crippen LogP contribution is 2.42. The summed E-state index contributed by atoms with van der Waals surface area (Å²) in [5, 5.41) is 5.03. The normalized spacial score (nSPS) is 12.1. The number of para-hydroxylation sites is 2. The fourth-order valence-corrected chi connectivity index (χ4v) is 8.77. The van der Waals surface area contributed by atoms with Crippen LogP contribution in [-0.4, -0.2) is 24.9 Å². The second-order valence-corrected chi connectivity index (χ2v) is 14.7. The van der Waals surface area contributed by atoms with Crippen LogP contribution in [0.25, 0.3) is 116 Å². The number of furan rings is 2. The van der Waals surface area contributed by atoms with E-state index in [-0.39, 0.29) is 0 Å². The van der Waals surface area contributed by atoms with E-state index in [1.54, 1.807) is 17.4 Å². The highest BCUT2D eigenvalue weighted by molar-refractivity contribution is 7.25. The lowest BCUT2D eigenvalue weighted by atomic mass is 10.0. The molecule has 6 aromatic carbocycles. The molecule has 11 aromatic rings. The largest absolute Gasteiger partial charge is 0.455 e. The van der Waals surface area contributed by atoms with Crippen molar-refractivity contribution in [3.8, 4) is 45.6 Å². The molecule has 0 radical (unpaired) electrons. The third-order valence-corrected chi connectivity index (χ3v) is 11.3. The van der Waals surface area contributed by atoms with Crippen LogP contribution in [0.3, 0.4) is 0 Å². The van der Waals surface area contributed by atoms with Crippen LogP contribution in [0.15, 0.2) is 173 Å². The smallest absolute Gasteiger partial charge is 0.179 e. The average molecular weight is 752 g/mol. The Morgan fingerprint density at radius 3 is 1.96 bits per heavy atom. The van der Waals surface area contributed by atoms with E-state index in [0.29, 0.717) is 45.7 Å². The molecule has 57 heavy (non-hydrogen) atoms. The fourth-order valence-electron chi connectivity index (χ4n) is 7.64. The number of thiophene rings is 1. The Hall–Kier alpha value is -7.55. The minimum atomic E-state index is 0.518. The summed E-state index contributed by atoms with van der Waals surface area (Å²) in [5.74, 6) is 2.26. The Morgan fingerprint density at radius 2 is 1.09 bits per heavy atom. The van der Waals surface area contributed by atoms with Crippen LogP contribution < -0.4 is 0 Å². The minimum Gasteiger partial charge on any atom is -0.455 e. The maximum atomic E-state index is 6.77. The Kier molecular flexibility index (Phi) is 7.68. The molecule has 0 saturated heterocycles. The van der Waals surface area contributed by atoms with E-state index >= 15 is 0 Å². The molecule has 0 bridgehead atoms. The number of rotatable bonds is 7. The van der Waals surface area contributed by atoms with Gasteiger partial charge in [0.05, 0.1) is 5.56 Å². The van der Waals surface area contributed by atoms with Crippen molar-refractivity contribution in [3.05, 3.63) is 170 Å². The molecule has 11 rings (SSSR count). The molecule has 0 spiro atoms. The molecule has 0 aliphatic heterocycles. The van der Waals surface area contributed by atoms with Gasteiger partial charge in [-0.15, -0.1) is 11.3 Å². The maximum Gasteiger partial charge on any atom is 0.179 e. The monoisotopic (exact) mass is 751 g/mol. The Labute approximate surface area is 329 Å². The van der Waals surface area contributed by atoms with Gasteiger partial charge in [0.2, 0.25) is 0 Å². The zero-order valence-corrected chi connectivity index (χ0v) is 31.1. The molecule has 0 unspecified atom stereocenters. The van der Waals surface area contributed by atoms with E-state index in [0.717, 1.165) is 54.9 Å². The van der Waals surface area contributed by atoms with Crippen molar-refractivity contribution < 1.29 is 8.83 Å². The standard InChI is InChI=1S/C49H29N5O2S/c1-2-3-4-8-24-36-45-43(30-18-9-11-25-37(30)55-45)51-47(50-36)33-21-14-26-38-41(33)32-20-13-23-35(44(32)56-38)49-53-46(29-16-6-5-7-17-29)52-48(54-49)34-22-15-28-40-42(34)31-19-10-12-27-39(31)57-40/h2-28H,1H2/b4-3-,24-8+. The molecule has 8 heteroatoms. The molecule has 7 nitrogen and oxygen atoms in total. The zero-order chi connectivity index (χ0) is 37.9. The van der Waals surface area contributed by atoms with Crippen LogP contribution in [0.1, 0.15) is 5.69 Å². The molecular formula is C49H29N5O2S. The predicted octanol–water partition coefficient (Wildman–Crippen LogP) is 13.3. The zero-order valence-electron chi connectivity index (χ0n) is 30.3. The lowest BCUT2D eigenvalue weighted by molar-refractivity contribution is 0.664. The molecule has 0 aliphatic carbocycles. The maximum absolute atomic E-state index is 6.77. The van der Waals surface area contributed by atoms with Gasteiger partial charge >= 0.3 is 0 Å².